The zero-order chi connectivity index (χ0) is 15.2. The molecule has 2 rings (SSSR count). The van der Waals surface area contributed by atoms with E-state index in [9.17, 15) is 10.1 Å². The van der Waals surface area contributed by atoms with Gasteiger partial charge in [-0.05, 0) is 18.6 Å². The second-order valence-corrected chi connectivity index (χ2v) is 4.38. The highest BCUT2D eigenvalue weighted by Crippen LogP contribution is 2.21. The Kier molecular flexibility index (Phi) is 4.78. The van der Waals surface area contributed by atoms with E-state index < -0.39 is 4.92 Å². The highest BCUT2D eigenvalue weighted by Gasteiger charge is 2.09. The molecule has 0 saturated heterocycles. The third-order valence-electron chi connectivity index (χ3n) is 2.90. The third kappa shape index (κ3) is 3.73. The van der Waals surface area contributed by atoms with E-state index in [4.69, 9.17) is 5.11 Å². The molecule has 1 aromatic heterocycles. The zero-order valence-corrected chi connectivity index (χ0v) is 11.6. The van der Waals surface area contributed by atoms with Crippen molar-refractivity contribution in [3.8, 4) is 11.4 Å². The van der Waals surface area contributed by atoms with E-state index in [0.717, 1.165) is 12.1 Å². The Morgan fingerprint density at radius 3 is 2.57 bits per heavy atom. The van der Waals surface area contributed by atoms with Crippen molar-refractivity contribution in [2.24, 2.45) is 0 Å². The van der Waals surface area contributed by atoms with Gasteiger partial charge in [0.15, 0.2) is 5.82 Å². The lowest BCUT2D eigenvalue weighted by Crippen LogP contribution is -2.08. The molecule has 0 spiro atoms. The van der Waals surface area contributed by atoms with Crippen LogP contribution in [0.4, 0.5) is 11.5 Å². The summed E-state index contributed by atoms with van der Waals surface area (Å²) in [5, 5.41) is 22.5. The van der Waals surface area contributed by atoms with E-state index in [0.29, 0.717) is 23.8 Å². The van der Waals surface area contributed by atoms with Gasteiger partial charge in [-0.3, -0.25) is 10.1 Å². The molecule has 0 unspecified atom stereocenters. The summed E-state index contributed by atoms with van der Waals surface area (Å²) in [6.45, 7) is 2.40. The Bertz CT molecular complexity index is 629. The lowest BCUT2D eigenvalue weighted by Gasteiger charge is -2.08. The number of rotatable bonds is 6. The summed E-state index contributed by atoms with van der Waals surface area (Å²) in [7, 11) is 0. The van der Waals surface area contributed by atoms with Crippen molar-refractivity contribution >= 4 is 11.5 Å². The topological polar surface area (TPSA) is 101 Å². The van der Waals surface area contributed by atoms with Crippen molar-refractivity contribution in [2.75, 3.05) is 18.5 Å². The molecule has 0 aliphatic rings. The number of aliphatic hydroxyl groups excluding tert-OH is 1. The molecule has 0 radical (unpaired) electrons. The van der Waals surface area contributed by atoms with Gasteiger partial charge >= 0.3 is 0 Å². The first-order valence-electron chi connectivity index (χ1n) is 6.61. The Morgan fingerprint density at radius 2 is 2.00 bits per heavy atom. The maximum Gasteiger partial charge on any atom is 0.269 e. The fraction of sp³-hybridized carbons (Fsp3) is 0.286. The summed E-state index contributed by atoms with van der Waals surface area (Å²) in [4.78, 5) is 19.0. The van der Waals surface area contributed by atoms with Crippen LogP contribution in [0.15, 0.2) is 30.3 Å². The molecule has 0 aliphatic carbocycles. The quantitative estimate of drug-likeness (QED) is 0.623. The highest BCUT2D eigenvalue weighted by atomic mass is 16.6. The van der Waals surface area contributed by atoms with Gasteiger partial charge in [0, 0.05) is 36.0 Å². The molecule has 0 amide bonds. The van der Waals surface area contributed by atoms with Gasteiger partial charge in [0.25, 0.3) is 5.69 Å². The summed E-state index contributed by atoms with van der Waals surface area (Å²) in [6.07, 6.45) is 0.746. The summed E-state index contributed by atoms with van der Waals surface area (Å²) >= 11 is 0. The standard InChI is InChI=1S/C14H16N4O3/c1-2-11-9-13(15-7-8-19)17-14(16-11)10-3-5-12(6-4-10)18(20)21/h3-6,9,19H,2,7-8H2,1H3,(H,15,16,17). The predicted molar refractivity (Wildman–Crippen MR) is 79.1 cm³/mol. The second-order valence-electron chi connectivity index (χ2n) is 4.38. The number of nitro benzene ring substituents is 1. The monoisotopic (exact) mass is 288 g/mol. The van der Waals surface area contributed by atoms with Crippen LogP contribution in [0.5, 0.6) is 0 Å². The number of nitrogens with zero attached hydrogens (tertiary/aromatic N) is 3. The largest absolute Gasteiger partial charge is 0.395 e. The molecule has 0 aliphatic heterocycles. The van der Waals surface area contributed by atoms with Gasteiger partial charge in [-0.25, -0.2) is 9.97 Å². The van der Waals surface area contributed by atoms with Gasteiger partial charge in [-0.15, -0.1) is 0 Å². The Morgan fingerprint density at radius 1 is 1.29 bits per heavy atom. The van der Waals surface area contributed by atoms with E-state index >= 15 is 0 Å². The Balaban J connectivity index is 2.35. The van der Waals surface area contributed by atoms with E-state index in [1.165, 1.54) is 12.1 Å². The van der Waals surface area contributed by atoms with Crippen LogP contribution < -0.4 is 5.32 Å². The molecule has 1 aromatic carbocycles. The molecule has 21 heavy (non-hydrogen) atoms. The SMILES string of the molecule is CCc1cc(NCCO)nc(-c2ccc([N+](=O)[O-])cc2)n1. The number of aryl methyl sites for hydroxylation is 1. The van der Waals surface area contributed by atoms with Crippen LogP contribution in [-0.4, -0.2) is 33.1 Å². The summed E-state index contributed by atoms with van der Waals surface area (Å²) in [6, 6.07) is 7.94. The van der Waals surface area contributed by atoms with E-state index in [-0.39, 0.29) is 12.3 Å². The molecule has 7 nitrogen and oxygen atoms in total. The van der Waals surface area contributed by atoms with Crippen molar-refractivity contribution < 1.29 is 10.0 Å². The molecule has 0 saturated carbocycles. The van der Waals surface area contributed by atoms with Crippen molar-refractivity contribution in [1.82, 2.24) is 9.97 Å². The molecule has 2 N–H and O–H groups in total. The number of aliphatic hydroxyl groups is 1. The number of benzene rings is 1. The molecule has 1 heterocycles. The smallest absolute Gasteiger partial charge is 0.269 e. The van der Waals surface area contributed by atoms with Gasteiger partial charge in [0.2, 0.25) is 0 Å². The first-order valence-corrected chi connectivity index (χ1v) is 6.61. The van der Waals surface area contributed by atoms with Gasteiger partial charge in [0.1, 0.15) is 5.82 Å². The number of nitro groups is 1. The van der Waals surface area contributed by atoms with Crippen molar-refractivity contribution in [3.05, 3.63) is 46.1 Å². The molecule has 7 heteroatoms. The van der Waals surface area contributed by atoms with Gasteiger partial charge in [0.05, 0.1) is 11.5 Å². The maximum atomic E-state index is 10.7. The molecule has 0 bridgehead atoms. The summed E-state index contributed by atoms with van der Waals surface area (Å²) in [5.74, 6) is 1.13. The summed E-state index contributed by atoms with van der Waals surface area (Å²) < 4.78 is 0. The number of non-ortho nitro benzene ring substituents is 1. The average Bonchev–Trinajstić information content (AvgIpc) is 2.52. The molecule has 0 fully saturated rings. The van der Waals surface area contributed by atoms with Crippen molar-refractivity contribution in [3.63, 3.8) is 0 Å². The minimum Gasteiger partial charge on any atom is -0.395 e. The number of aromatic nitrogens is 2. The average molecular weight is 288 g/mol. The zero-order valence-electron chi connectivity index (χ0n) is 11.6. The Hall–Kier alpha value is -2.54. The number of hydrogen-bond donors (Lipinski definition) is 2. The van der Waals surface area contributed by atoms with Crippen LogP contribution in [0.3, 0.4) is 0 Å². The van der Waals surface area contributed by atoms with Crippen LogP contribution in [0, 0.1) is 10.1 Å². The van der Waals surface area contributed by atoms with Gasteiger partial charge in [-0.2, -0.15) is 0 Å². The van der Waals surface area contributed by atoms with Crippen LogP contribution in [-0.2, 0) is 6.42 Å². The summed E-state index contributed by atoms with van der Waals surface area (Å²) in [5.41, 5.74) is 1.60. The first kappa shape index (κ1) is 14.9. The van der Waals surface area contributed by atoms with Crippen LogP contribution in [0.2, 0.25) is 0 Å². The molecular weight excluding hydrogens is 272 g/mol. The van der Waals surface area contributed by atoms with Crippen LogP contribution >= 0.6 is 0 Å². The lowest BCUT2D eigenvalue weighted by molar-refractivity contribution is -0.384. The highest BCUT2D eigenvalue weighted by molar-refractivity contribution is 5.59. The van der Waals surface area contributed by atoms with Crippen LogP contribution in [0.1, 0.15) is 12.6 Å². The fourth-order valence-corrected chi connectivity index (χ4v) is 1.81. The number of nitrogens with one attached hydrogen (secondary N) is 1. The molecule has 0 atom stereocenters. The van der Waals surface area contributed by atoms with Crippen molar-refractivity contribution in [1.29, 1.82) is 0 Å². The van der Waals surface area contributed by atoms with E-state index in [1.54, 1.807) is 12.1 Å². The lowest BCUT2D eigenvalue weighted by atomic mass is 10.2. The maximum absolute atomic E-state index is 10.7. The third-order valence-corrected chi connectivity index (χ3v) is 2.90. The minimum atomic E-state index is -0.443. The fourth-order valence-electron chi connectivity index (χ4n) is 1.81. The van der Waals surface area contributed by atoms with Gasteiger partial charge < -0.3 is 10.4 Å². The van der Waals surface area contributed by atoms with Crippen LogP contribution in [0.25, 0.3) is 11.4 Å². The predicted octanol–water partition coefficient (Wildman–Crippen LogP) is 2.02. The first-order chi connectivity index (χ1) is 10.1. The second kappa shape index (κ2) is 6.76. The minimum absolute atomic E-state index is 0.0122. The van der Waals surface area contributed by atoms with Gasteiger partial charge in [-0.1, -0.05) is 6.92 Å². The van der Waals surface area contributed by atoms with Crippen molar-refractivity contribution in [2.45, 2.75) is 13.3 Å². The molecule has 110 valence electrons. The Labute approximate surface area is 121 Å². The molecular formula is C14H16N4O3. The van der Waals surface area contributed by atoms with E-state index in [1.807, 2.05) is 13.0 Å². The normalized spacial score (nSPS) is 10.4. The number of hydrogen-bond acceptors (Lipinski definition) is 6. The van der Waals surface area contributed by atoms with E-state index in [2.05, 4.69) is 15.3 Å². The molecule has 2 aromatic rings. The number of anilines is 1.